The van der Waals surface area contributed by atoms with Gasteiger partial charge in [0.05, 0.1) is 4.92 Å². The van der Waals surface area contributed by atoms with Gasteiger partial charge in [-0.2, -0.15) is 0 Å². The number of hydrogen-bond acceptors (Lipinski definition) is 4. The predicted molar refractivity (Wildman–Crippen MR) is 90.5 cm³/mol. The third-order valence-corrected chi connectivity index (χ3v) is 4.29. The summed E-state index contributed by atoms with van der Waals surface area (Å²) in [6.45, 7) is 1.10. The number of aryl methyl sites for hydroxylation is 1. The lowest BCUT2D eigenvalue weighted by atomic mass is 10.1. The Morgan fingerprint density at radius 2 is 1.55 bits per heavy atom. The maximum absolute atomic E-state index is 10.6. The molecule has 4 nitrogen and oxygen atoms in total. The molecule has 2 aromatic carbocycles. The minimum absolute atomic E-state index is 0.126. The van der Waals surface area contributed by atoms with Gasteiger partial charge in [0.2, 0.25) is 0 Å². The van der Waals surface area contributed by atoms with Crippen LogP contribution in [0.3, 0.4) is 0 Å². The van der Waals surface area contributed by atoms with Crippen LogP contribution in [0.4, 0.5) is 5.69 Å². The summed E-state index contributed by atoms with van der Waals surface area (Å²) in [6.07, 6.45) is 2.24. The maximum atomic E-state index is 10.6. The number of hydrogen-bond donors (Lipinski definition) is 0. The van der Waals surface area contributed by atoms with E-state index in [9.17, 15) is 10.1 Å². The number of rotatable bonds is 7. The molecular weight excluding hydrogens is 296 g/mol. The van der Waals surface area contributed by atoms with Gasteiger partial charge >= 0.3 is 0 Å². The molecule has 0 bridgehead atoms. The van der Waals surface area contributed by atoms with Gasteiger partial charge in [0.15, 0.2) is 0 Å². The smallest absolute Gasteiger partial charge is 0.269 e. The molecule has 0 saturated heterocycles. The van der Waals surface area contributed by atoms with Crippen LogP contribution in [0.5, 0.6) is 0 Å². The second-order valence-corrected chi connectivity index (χ2v) is 6.55. The molecule has 0 spiro atoms. The number of benzene rings is 2. The van der Waals surface area contributed by atoms with Gasteiger partial charge in [-0.1, -0.05) is 23.9 Å². The molecule has 0 N–H and O–H groups in total. The molecule has 2 aromatic rings. The molecule has 0 unspecified atom stereocenters. The molecule has 0 aliphatic rings. The summed E-state index contributed by atoms with van der Waals surface area (Å²) in [5.74, 6) is 0. The Labute approximate surface area is 135 Å². The molecule has 2 rings (SSSR count). The molecule has 0 amide bonds. The highest BCUT2D eigenvalue weighted by molar-refractivity contribution is 7.99. The van der Waals surface area contributed by atoms with E-state index < -0.39 is 0 Å². The van der Waals surface area contributed by atoms with E-state index >= 15 is 0 Å². The fourth-order valence-electron chi connectivity index (χ4n) is 2.10. The van der Waals surface area contributed by atoms with Crippen LogP contribution in [0.25, 0.3) is 0 Å². The van der Waals surface area contributed by atoms with E-state index in [2.05, 4.69) is 43.3 Å². The topological polar surface area (TPSA) is 46.4 Å². The first kappa shape index (κ1) is 16.5. The summed E-state index contributed by atoms with van der Waals surface area (Å²) in [5, 5.41) is 10.6. The fraction of sp³-hybridized carbons (Fsp3) is 0.294. The van der Waals surface area contributed by atoms with Gasteiger partial charge in [-0.3, -0.25) is 10.1 Å². The molecule has 0 saturated carbocycles. The fourth-order valence-corrected chi connectivity index (χ4v) is 2.91. The maximum Gasteiger partial charge on any atom is 0.269 e. The number of non-ortho nitro benzene ring substituents is 1. The molecule has 116 valence electrons. The van der Waals surface area contributed by atoms with Crippen LogP contribution in [0.1, 0.15) is 12.0 Å². The largest absolute Gasteiger partial charge is 0.309 e. The van der Waals surface area contributed by atoms with Crippen molar-refractivity contribution in [3.63, 3.8) is 0 Å². The summed E-state index contributed by atoms with van der Waals surface area (Å²) in [5.41, 5.74) is 1.47. The molecule has 0 radical (unpaired) electrons. The Bertz CT molecular complexity index is 610. The molecule has 0 aliphatic carbocycles. The van der Waals surface area contributed by atoms with Gasteiger partial charge in [0, 0.05) is 21.9 Å². The first-order valence-corrected chi connectivity index (χ1v) is 8.02. The lowest BCUT2D eigenvalue weighted by molar-refractivity contribution is -0.384. The van der Waals surface area contributed by atoms with Gasteiger partial charge in [-0.05, 0) is 63.3 Å². The Balaban J connectivity index is 1.91. The van der Waals surface area contributed by atoms with Crippen LogP contribution in [0.2, 0.25) is 0 Å². The van der Waals surface area contributed by atoms with Crippen LogP contribution in [0, 0.1) is 10.1 Å². The highest BCUT2D eigenvalue weighted by atomic mass is 32.2. The van der Waals surface area contributed by atoms with Crippen molar-refractivity contribution in [2.24, 2.45) is 0 Å². The summed E-state index contributed by atoms with van der Waals surface area (Å²) < 4.78 is 0. The van der Waals surface area contributed by atoms with Crippen molar-refractivity contribution in [1.29, 1.82) is 0 Å². The SMILES string of the molecule is CN(C)CCCc1ccc(Sc2ccc([N+](=O)[O-])cc2)cc1. The zero-order valence-corrected chi connectivity index (χ0v) is 13.7. The van der Waals surface area contributed by atoms with Crippen LogP contribution in [-0.2, 0) is 6.42 Å². The summed E-state index contributed by atoms with van der Waals surface area (Å²) in [6, 6.07) is 15.2. The Morgan fingerprint density at radius 1 is 1.00 bits per heavy atom. The van der Waals surface area contributed by atoms with Gasteiger partial charge in [0.1, 0.15) is 0 Å². The quantitative estimate of drug-likeness (QED) is 0.566. The minimum Gasteiger partial charge on any atom is -0.309 e. The zero-order valence-electron chi connectivity index (χ0n) is 12.9. The van der Waals surface area contributed by atoms with Crippen LogP contribution in [-0.4, -0.2) is 30.5 Å². The molecule has 0 fully saturated rings. The number of nitrogens with zero attached hydrogens (tertiary/aromatic N) is 2. The van der Waals surface area contributed by atoms with E-state index in [-0.39, 0.29) is 10.6 Å². The lowest BCUT2D eigenvalue weighted by Crippen LogP contribution is -2.13. The Morgan fingerprint density at radius 3 is 2.05 bits per heavy atom. The van der Waals surface area contributed by atoms with Gasteiger partial charge in [-0.15, -0.1) is 0 Å². The molecule has 0 aromatic heterocycles. The highest BCUT2D eigenvalue weighted by Gasteiger charge is 2.05. The molecule has 22 heavy (non-hydrogen) atoms. The third kappa shape index (κ3) is 5.16. The van der Waals surface area contributed by atoms with Crippen molar-refractivity contribution in [2.75, 3.05) is 20.6 Å². The number of nitro groups is 1. The molecule has 0 aliphatic heterocycles. The van der Waals surface area contributed by atoms with Gasteiger partial charge < -0.3 is 4.90 Å². The molecule has 0 atom stereocenters. The average Bonchev–Trinajstić information content (AvgIpc) is 2.49. The molecule has 0 heterocycles. The molecule has 5 heteroatoms. The number of nitro benzene ring substituents is 1. The highest BCUT2D eigenvalue weighted by Crippen LogP contribution is 2.29. The van der Waals surface area contributed by atoms with Crippen molar-refractivity contribution in [3.8, 4) is 0 Å². The van der Waals surface area contributed by atoms with E-state index in [0.29, 0.717) is 0 Å². The van der Waals surface area contributed by atoms with E-state index in [0.717, 1.165) is 29.2 Å². The van der Waals surface area contributed by atoms with Crippen LogP contribution in [0.15, 0.2) is 58.3 Å². The summed E-state index contributed by atoms with van der Waals surface area (Å²) in [7, 11) is 4.17. The first-order chi connectivity index (χ1) is 10.5. The van der Waals surface area contributed by atoms with Crippen molar-refractivity contribution < 1.29 is 4.92 Å². The van der Waals surface area contributed by atoms with Crippen molar-refractivity contribution in [1.82, 2.24) is 4.90 Å². The standard InChI is InChI=1S/C17H20N2O2S/c1-18(2)13-3-4-14-5-9-16(10-6-14)22-17-11-7-15(8-12-17)19(20)21/h5-12H,3-4,13H2,1-2H3. The molecular formula is C17H20N2O2S. The monoisotopic (exact) mass is 316 g/mol. The average molecular weight is 316 g/mol. The van der Waals surface area contributed by atoms with Crippen LogP contribution < -0.4 is 0 Å². The zero-order chi connectivity index (χ0) is 15.9. The predicted octanol–water partition coefficient (Wildman–Crippen LogP) is 4.24. The normalized spacial score (nSPS) is 10.9. The Hall–Kier alpha value is -1.85. The second-order valence-electron chi connectivity index (χ2n) is 5.40. The van der Waals surface area contributed by atoms with Crippen molar-refractivity contribution in [3.05, 3.63) is 64.2 Å². The van der Waals surface area contributed by atoms with Gasteiger partial charge in [-0.25, -0.2) is 0 Å². The minimum atomic E-state index is -0.378. The van der Waals surface area contributed by atoms with E-state index in [4.69, 9.17) is 0 Å². The van der Waals surface area contributed by atoms with Crippen LogP contribution >= 0.6 is 11.8 Å². The summed E-state index contributed by atoms with van der Waals surface area (Å²) in [4.78, 5) is 14.6. The first-order valence-electron chi connectivity index (χ1n) is 7.20. The van der Waals surface area contributed by atoms with Gasteiger partial charge in [0.25, 0.3) is 5.69 Å². The van der Waals surface area contributed by atoms with Crippen molar-refractivity contribution in [2.45, 2.75) is 22.6 Å². The summed E-state index contributed by atoms with van der Waals surface area (Å²) >= 11 is 1.61. The second kappa shape index (κ2) is 7.96. The van der Waals surface area contributed by atoms with E-state index in [1.165, 1.54) is 17.7 Å². The third-order valence-electron chi connectivity index (χ3n) is 3.28. The van der Waals surface area contributed by atoms with E-state index in [1.807, 2.05) is 0 Å². The van der Waals surface area contributed by atoms with E-state index in [1.54, 1.807) is 23.9 Å². The Kier molecular flexibility index (Phi) is 5.98. The van der Waals surface area contributed by atoms with Crippen molar-refractivity contribution >= 4 is 17.4 Å². The lowest BCUT2D eigenvalue weighted by Gasteiger charge is -2.09.